The number of hydrogen-bond donors (Lipinski definition) is 2. The zero-order valence-electron chi connectivity index (χ0n) is 10.1. The molecule has 0 fully saturated rings. The van der Waals surface area contributed by atoms with Crippen LogP contribution in [0.25, 0.3) is 0 Å². The summed E-state index contributed by atoms with van der Waals surface area (Å²) in [6, 6.07) is 8.11. The average Bonchev–Trinajstić information content (AvgIpc) is 2.90. The molecule has 2 N–H and O–H groups in total. The molecule has 1 heterocycles. The zero-order valence-corrected chi connectivity index (χ0v) is 10.1. The first-order valence-electron chi connectivity index (χ1n) is 5.77. The highest BCUT2D eigenvalue weighted by Gasteiger charge is 2.15. The van der Waals surface area contributed by atoms with Crippen LogP contribution < -0.4 is 5.32 Å². The van der Waals surface area contributed by atoms with E-state index in [2.05, 4.69) is 10.3 Å². The average molecular weight is 259 g/mol. The number of nitro benzene ring substituents is 1. The highest BCUT2D eigenvalue weighted by Crippen LogP contribution is 2.17. The Balaban J connectivity index is 1.97. The standard InChI is InChI=1S/C13H13N3O3/c17-13(15-9-10-5-6-14-8-10)7-11-3-1-2-4-12(11)16(18)19/h1-6,8,14H,7,9H2,(H,15,17). The Kier molecular flexibility index (Phi) is 3.92. The number of aromatic nitrogens is 1. The molecule has 0 saturated heterocycles. The molecule has 1 aromatic carbocycles. The van der Waals surface area contributed by atoms with E-state index in [9.17, 15) is 14.9 Å². The third-order valence-electron chi connectivity index (χ3n) is 2.69. The summed E-state index contributed by atoms with van der Waals surface area (Å²) < 4.78 is 0. The lowest BCUT2D eigenvalue weighted by molar-refractivity contribution is -0.385. The summed E-state index contributed by atoms with van der Waals surface area (Å²) in [6.45, 7) is 0.406. The molecule has 6 nitrogen and oxygen atoms in total. The van der Waals surface area contributed by atoms with Crippen molar-refractivity contribution < 1.29 is 9.72 Å². The van der Waals surface area contributed by atoms with Gasteiger partial charge in [-0.2, -0.15) is 0 Å². The molecule has 6 heteroatoms. The van der Waals surface area contributed by atoms with Crippen molar-refractivity contribution >= 4 is 11.6 Å². The minimum Gasteiger partial charge on any atom is -0.367 e. The van der Waals surface area contributed by atoms with Gasteiger partial charge >= 0.3 is 0 Å². The van der Waals surface area contributed by atoms with Crippen LogP contribution in [0, 0.1) is 10.1 Å². The van der Waals surface area contributed by atoms with Gasteiger partial charge in [0.25, 0.3) is 5.69 Å². The van der Waals surface area contributed by atoms with E-state index in [0.29, 0.717) is 12.1 Å². The molecule has 2 rings (SSSR count). The van der Waals surface area contributed by atoms with Gasteiger partial charge < -0.3 is 10.3 Å². The third kappa shape index (κ3) is 3.41. The minimum absolute atomic E-state index is 0.00156. The number of hydrogen-bond acceptors (Lipinski definition) is 3. The van der Waals surface area contributed by atoms with E-state index < -0.39 is 4.92 Å². The van der Waals surface area contributed by atoms with E-state index in [-0.39, 0.29) is 18.0 Å². The molecular weight excluding hydrogens is 246 g/mol. The maximum Gasteiger partial charge on any atom is 0.273 e. The number of H-pyrrole nitrogens is 1. The molecule has 0 aliphatic heterocycles. The first-order chi connectivity index (χ1) is 9.16. The highest BCUT2D eigenvalue weighted by atomic mass is 16.6. The van der Waals surface area contributed by atoms with Crippen molar-refractivity contribution in [3.05, 3.63) is 64.0 Å². The van der Waals surface area contributed by atoms with E-state index in [1.54, 1.807) is 30.6 Å². The maximum absolute atomic E-state index is 11.7. The first-order valence-corrected chi connectivity index (χ1v) is 5.77. The Hall–Kier alpha value is -2.63. The van der Waals surface area contributed by atoms with Crippen molar-refractivity contribution in [3.8, 4) is 0 Å². The van der Waals surface area contributed by atoms with Crippen LogP contribution in [0.3, 0.4) is 0 Å². The van der Waals surface area contributed by atoms with Gasteiger partial charge in [-0.15, -0.1) is 0 Å². The monoisotopic (exact) mass is 259 g/mol. The molecule has 2 aromatic rings. The number of para-hydroxylation sites is 1. The molecule has 0 unspecified atom stereocenters. The summed E-state index contributed by atoms with van der Waals surface area (Å²) in [7, 11) is 0. The van der Waals surface area contributed by atoms with Gasteiger partial charge in [0.2, 0.25) is 5.91 Å². The summed E-state index contributed by atoms with van der Waals surface area (Å²) in [5, 5.41) is 13.5. The first kappa shape index (κ1) is 12.8. The number of nitrogens with one attached hydrogen (secondary N) is 2. The molecule has 0 radical (unpaired) electrons. The lowest BCUT2D eigenvalue weighted by atomic mass is 10.1. The summed E-state index contributed by atoms with van der Waals surface area (Å²) in [5.41, 5.74) is 1.34. The van der Waals surface area contributed by atoms with Crippen LogP contribution in [-0.2, 0) is 17.8 Å². The second-order valence-corrected chi connectivity index (χ2v) is 4.06. The highest BCUT2D eigenvalue weighted by molar-refractivity contribution is 5.79. The van der Waals surface area contributed by atoms with Crippen LogP contribution in [0.1, 0.15) is 11.1 Å². The van der Waals surface area contributed by atoms with Crippen LogP contribution in [0.5, 0.6) is 0 Å². The van der Waals surface area contributed by atoms with Crippen LogP contribution in [0.2, 0.25) is 0 Å². The number of carbonyl (C=O) groups is 1. The SMILES string of the molecule is O=C(Cc1ccccc1[N+](=O)[O-])NCc1cc[nH]c1. The second-order valence-electron chi connectivity index (χ2n) is 4.06. The molecule has 1 aromatic heterocycles. The van der Waals surface area contributed by atoms with Crippen molar-refractivity contribution in [3.63, 3.8) is 0 Å². The largest absolute Gasteiger partial charge is 0.367 e. The van der Waals surface area contributed by atoms with E-state index in [4.69, 9.17) is 0 Å². The van der Waals surface area contributed by atoms with E-state index in [1.807, 2.05) is 6.07 Å². The van der Waals surface area contributed by atoms with Crippen LogP contribution >= 0.6 is 0 Å². The fourth-order valence-corrected chi connectivity index (χ4v) is 1.74. The molecule has 19 heavy (non-hydrogen) atoms. The Labute approximate surface area is 109 Å². The summed E-state index contributed by atoms with van der Waals surface area (Å²) in [5.74, 6) is -0.240. The van der Waals surface area contributed by atoms with Crippen LogP contribution in [0.15, 0.2) is 42.7 Å². The summed E-state index contributed by atoms with van der Waals surface area (Å²) >= 11 is 0. The number of nitro groups is 1. The minimum atomic E-state index is -0.477. The van der Waals surface area contributed by atoms with Gasteiger partial charge in [0, 0.05) is 30.6 Å². The topological polar surface area (TPSA) is 88.0 Å². The Bertz CT molecular complexity index is 579. The number of benzene rings is 1. The van der Waals surface area contributed by atoms with Crippen molar-refractivity contribution in [1.82, 2.24) is 10.3 Å². The maximum atomic E-state index is 11.7. The fourth-order valence-electron chi connectivity index (χ4n) is 1.74. The molecule has 1 amide bonds. The molecule has 0 aliphatic carbocycles. The summed E-state index contributed by atoms with van der Waals surface area (Å²) in [6.07, 6.45) is 3.55. The predicted octanol–water partition coefficient (Wildman–Crippen LogP) is 1.78. The van der Waals surface area contributed by atoms with Gasteiger partial charge in [0.05, 0.1) is 11.3 Å². The molecule has 0 atom stereocenters. The van der Waals surface area contributed by atoms with Gasteiger partial charge in [-0.1, -0.05) is 18.2 Å². The number of nitrogens with zero attached hydrogens (tertiary/aromatic N) is 1. The number of aromatic amines is 1. The van der Waals surface area contributed by atoms with Crippen LogP contribution in [-0.4, -0.2) is 15.8 Å². The smallest absolute Gasteiger partial charge is 0.273 e. The molecule has 0 aliphatic rings. The molecule has 0 saturated carbocycles. The van der Waals surface area contributed by atoms with Gasteiger partial charge in [-0.3, -0.25) is 14.9 Å². The van der Waals surface area contributed by atoms with Gasteiger partial charge in [-0.05, 0) is 11.6 Å². The number of amides is 1. The Morgan fingerprint density at radius 1 is 1.32 bits per heavy atom. The lowest BCUT2D eigenvalue weighted by Gasteiger charge is -2.04. The second kappa shape index (κ2) is 5.81. The fraction of sp³-hybridized carbons (Fsp3) is 0.154. The molecule has 98 valence electrons. The zero-order chi connectivity index (χ0) is 13.7. The predicted molar refractivity (Wildman–Crippen MR) is 69.4 cm³/mol. The molecular formula is C13H13N3O3. The van der Waals surface area contributed by atoms with Gasteiger partial charge in [-0.25, -0.2) is 0 Å². The van der Waals surface area contributed by atoms with Gasteiger partial charge in [0.15, 0.2) is 0 Å². The Morgan fingerprint density at radius 2 is 2.11 bits per heavy atom. The molecule has 0 bridgehead atoms. The van der Waals surface area contributed by atoms with Gasteiger partial charge in [0.1, 0.15) is 0 Å². The summed E-state index contributed by atoms with van der Waals surface area (Å²) in [4.78, 5) is 25.0. The number of carbonyl (C=O) groups excluding carboxylic acids is 1. The van der Waals surface area contributed by atoms with E-state index in [1.165, 1.54) is 6.07 Å². The van der Waals surface area contributed by atoms with E-state index in [0.717, 1.165) is 5.56 Å². The Morgan fingerprint density at radius 3 is 2.79 bits per heavy atom. The third-order valence-corrected chi connectivity index (χ3v) is 2.69. The van der Waals surface area contributed by atoms with Crippen molar-refractivity contribution in [2.45, 2.75) is 13.0 Å². The van der Waals surface area contributed by atoms with Crippen molar-refractivity contribution in [2.24, 2.45) is 0 Å². The van der Waals surface area contributed by atoms with Crippen molar-refractivity contribution in [1.29, 1.82) is 0 Å². The van der Waals surface area contributed by atoms with E-state index >= 15 is 0 Å². The van der Waals surface area contributed by atoms with Crippen molar-refractivity contribution in [2.75, 3.05) is 0 Å². The number of rotatable bonds is 5. The lowest BCUT2D eigenvalue weighted by Crippen LogP contribution is -2.24. The normalized spacial score (nSPS) is 10.1. The molecule has 0 spiro atoms. The van der Waals surface area contributed by atoms with Crippen LogP contribution in [0.4, 0.5) is 5.69 Å². The quantitative estimate of drug-likeness (QED) is 0.633.